The maximum absolute atomic E-state index is 13.9. The van der Waals surface area contributed by atoms with Crippen LogP contribution in [0.25, 0.3) is 88.8 Å². The zero-order chi connectivity index (χ0) is 86.4. The van der Waals surface area contributed by atoms with Gasteiger partial charge in [-0.1, -0.05) is 185 Å². The number of hydrogen-bond acceptors (Lipinski definition) is 18. The van der Waals surface area contributed by atoms with Crippen LogP contribution in [0.5, 0.6) is 0 Å². The molecule has 12 aromatic rings. The monoisotopic (exact) mass is 1770 g/mol. The zero-order valence-corrected chi connectivity index (χ0v) is 73.7. The molecule has 4 saturated heterocycles. The minimum atomic E-state index is -1.20. The molecule has 0 radical (unpaired) electrons. The highest BCUT2D eigenvalue weighted by Gasteiger charge is 2.41. The molecule has 0 spiro atoms. The molecule has 6 amide bonds. The van der Waals surface area contributed by atoms with Gasteiger partial charge in [-0.15, -0.1) is 37.2 Å². The Morgan fingerprint density at radius 1 is 0.397 bits per heavy atom. The number of hydrogen-bond donors (Lipinski definition) is 11. The second kappa shape index (κ2) is 43.4. The van der Waals surface area contributed by atoms with Crippen LogP contribution >= 0.6 is 37.2 Å². The summed E-state index contributed by atoms with van der Waals surface area (Å²) >= 11 is 0. The average molecular weight is 1780 g/mol. The Morgan fingerprint density at radius 2 is 0.738 bits per heavy atom. The lowest BCUT2D eigenvalue weighted by atomic mass is 9.98. The number of nitrogens with zero attached hydrogens (tertiary/aromatic N) is 7. The van der Waals surface area contributed by atoms with Gasteiger partial charge < -0.3 is 85.1 Å². The number of aromatic amines is 4. The molecule has 0 aliphatic carbocycles. The maximum Gasteiger partial charge on any atom is 0.407 e. The highest BCUT2D eigenvalue weighted by Crippen LogP contribution is 2.40. The van der Waals surface area contributed by atoms with Gasteiger partial charge in [0.2, 0.25) is 18.2 Å². The summed E-state index contributed by atoms with van der Waals surface area (Å²) in [6.45, 7) is 10.6. The first-order valence-electron chi connectivity index (χ1n) is 41.6. The average Bonchev–Trinajstić information content (AvgIpc) is 0.966. The highest BCUT2D eigenvalue weighted by atomic mass is 35.5. The number of amides is 6. The number of rotatable bonds is 24. The van der Waals surface area contributed by atoms with E-state index in [1.54, 1.807) is 41.4 Å². The molecule has 0 bridgehead atoms. The fraction of sp³-hybridized carbons (Fsp3) is 0.330. The van der Waals surface area contributed by atoms with Gasteiger partial charge in [0, 0.05) is 37.9 Å². The van der Waals surface area contributed by atoms with Crippen molar-refractivity contribution in [1.82, 2.24) is 81.2 Å². The number of aliphatic hydroxyl groups is 1. The molecule has 29 nitrogen and oxygen atoms in total. The molecule has 8 aromatic carbocycles. The second-order valence-electron chi connectivity index (χ2n) is 31.8. The number of imidazole rings is 4. The summed E-state index contributed by atoms with van der Waals surface area (Å²) in [5, 5.41) is 37.4. The van der Waals surface area contributed by atoms with Crippen molar-refractivity contribution >= 4 is 101 Å². The van der Waals surface area contributed by atoms with Crippen molar-refractivity contribution in [3.63, 3.8) is 0 Å². The highest BCUT2D eigenvalue weighted by molar-refractivity contribution is 5.94. The number of aliphatic hydroxyl groups excluding tert-OH is 1. The number of carboxylic acid groups (broad SMARTS) is 1. The Hall–Kier alpha value is -12.5. The topological polar surface area (TPSA) is 381 Å². The van der Waals surface area contributed by atoms with Crippen LogP contribution in [-0.2, 0) is 38.1 Å². The molecule has 126 heavy (non-hydrogen) atoms. The molecule has 4 aliphatic rings. The predicted molar refractivity (Wildman–Crippen MR) is 488 cm³/mol. The number of alkyl carbamates (subject to hydrolysis) is 3. The Kier molecular flexibility index (Phi) is 32.5. The molecule has 662 valence electrons. The lowest BCUT2D eigenvalue weighted by Crippen LogP contribution is -2.52. The van der Waals surface area contributed by atoms with Crippen LogP contribution in [-0.4, -0.2) is 180 Å². The third-order valence-electron chi connectivity index (χ3n) is 23.2. The van der Waals surface area contributed by atoms with Crippen LogP contribution in [0.2, 0.25) is 0 Å². The molecule has 4 aliphatic heterocycles. The van der Waals surface area contributed by atoms with Gasteiger partial charge in [-0.3, -0.25) is 19.7 Å². The minimum absolute atomic E-state index is 0. The van der Waals surface area contributed by atoms with Gasteiger partial charge in [0.05, 0.1) is 99.1 Å². The molecule has 4 fully saturated rings. The lowest BCUT2D eigenvalue weighted by Gasteiger charge is -2.31. The number of ether oxygens (including phenoxy) is 4. The zero-order valence-electron chi connectivity index (χ0n) is 71.2. The molecule has 4 aromatic heterocycles. The van der Waals surface area contributed by atoms with Crippen LogP contribution in [0.1, 0.15) is 150 Å². The molecule has 1 unspecified atom stereocenters. The third-order valence-corrected chi connectivity index (χ3v) is 23.2. The molecule has 8 heterocycles. The van der Waals surface area contributed by atoms with Crippen LogP contribution < -0.4 is 26.6 Å². The van der Waals surface area contributed by atoms with E-state index in [4.69, 9.17) is 34.3 Å². The van der Waals surface area contributed by atoms with Gasteiger partial charge in [0.1, 0.15) is 35.4 Å². The number of carbonyl (C=O) groups excluding carboxylic acids is 6. The van der Waals surface area contributed by atoms with Crippen molar-refractivity contribution in [1.29, 1.82) is 0 Å². The largest absolute Gasteiger partial charge is 0.479 e. The van der Waals surface area contributed by atoms with Crippen molar-refractivity contribution in [2.75, 3.05) is 54.6 Å². The van der Waals surface area contributed by atoms with Gasteiger partial charge in [0.15, 0.2) is 6.04 Å². The summed E-state index contributed by atoms with van der Waals surface area (Å²) in [5.41, 5.74) is 13.5. The van der Waals surface area contributed by atoms with Gasteiger partial charge in [-0.25, -0.2) is 39.1 Å². The standard InChI is InChI=1S/C47H50N8O6.C37H43N7O3.C10H11NO4.3ClH/c1-28(2)40(52-46(58)60-3)44(56)54-22-8-12-38(54)43-49-27-37(51-43)35-21-20-33-24-32(18-19-34(33)25-35)29-14-16-30(17-15-29)36-26-48-42(50-36)39-13-9-23-55(39)45(57)41(53-47(59)61-4)31-10-6-5-7-11-31;1-22(2)33(43-37(46)47-3)36(45)44-17-5-7-32(44)35-40-21-31(42-35)28-15-14-26-18-25(12-13-27(26)19-28)23-8-10-24(11-9-23)30-20-39-34(41-30)29-6-4-16-38-29;1-15-10(14)11-8(9(12)13)7-5-3-2-4-6-7;;;/h5-7,10-11,14-21,24-28,38-41H,8-9,12-13,22-23H2,1-4H3,(H,48,50)(H,49,51)(H,52,58)(H,53,59);8-15,18-22,29,32-33,37-38,43,46H,4-7,16-17H2,1-3H3,(H,39,41)(H,40,42);2-6,8H,1H3,(H,11,14)(H,12,13);3*1H/t38-,39-,40-,41+;29-,32-,33-,37?;8-;;;/m001.../s1. The molecular formula is C94H107Cl3N16O13. The first-order valence-corrected chi connectivity index (χ1v) is 41.6. The van der Waals surface area contributed by atoms with Gasteiger partial charge in [-0.2, -0.15) is 0 Å². The fourth-order valence-corrected chi connectivity index (χ4v) is 16.6. The van der Waals surface area contributed by atoms with E-state index in [1.165, 1.54) is 40.4 Å². The van der Waals surface area contributed by atoms with E-state index in [1.807, 2.05) is 86.4 Å². The van der Waals surface area contributed by atoms with Crippen molar-refractivity contribution in [3.05, 3.63) is 241 Å². The maximum atomic E-state index is 13.9. The fourth-order valence-electron chi connectivity index (χ4n) is 16.6. The van der Waals surface area contributed by atoms with Gasteiger partial charge in [-0.05, 0) is 160 Å². The van der Waals surface area contributed by atoms with Crippen molar-refractivity contribution in [2.45, 2.75) is 134 Å². The summed E-state index contributed by atoms with van der Waals surface area (Å²) in [6, 6.07) is 56.8. The van der Waals surface area contributed by atoms with Gasteiger partial charge >= 0.3 is 24.2 Å². The summed E-state index contributed by atoms with van der Waals surface area (Å²) in [6.07, 6.45) is 11.4. The van der Waals surface area contributed by atoms with E-state index < -0.39 is 54.8 Å². The van der Waals surface area contributed by atoms with Crippen LogP contribution in [0.4, 0.5) is 14.4 Å². The molecule has 16 rings (SSSR count). The molecular weight excluding hydrogens is 1670 g/mol. The van der Waals surface area contributed by atoms with E-state index in [0.717, 1.165) is 152 Å². The Bertz CT molecular complexity index is 5690. The van der Waals surface area contributed by atoms with Gasteiger partial charge in [0.25, 0.3) is 5.91 Å². The van der Waals surface area contributed by atoms with Crippen molar-refractivity contribution < 1.29 is 62.7 Å². The van der Waals surface area contributed by atoms with Crippen molar-refractivity contribution in [3.8, 4) is 67.3 Å². The Labute approximate surface area is 749 Å². The number of fused-ring (bicyclic) bond motifs is 2. The predicted octanol–water partition coefficient (Wildman–Crippen LogP) is 16.4. The van der Waals surface area contributed by atoms with Crippen LogP contribution in [0.15, 0.2) is 207 Å². The number of carbonyl (C=O) groups is 7. The number of methoxy groups -OCH3 is 4. The number of aromatic nitrogens is 8. The van der Waals surface area contributed by atoms with E-state index in [9.17, 15) is 38.7 Å². The van der Waals surface area contributed by atoms with E-state index in [2.05, 4.69) is 178 Å². The molecule has 11 N–H and O–H groups in total. The summed E-state index contributed by atoms with van der Waals surface area (Å²) < 4.78 is 18.9. The normalized spacial score (nSPS) is 17.1. The number of carboxylic acids is 1. The third kappa shape index (κ3) is 22.1. The smallest absolute Gasteiger partial charge is 0.407 e. The van der Waals surface area contributed by atoms with E-state index >= 15 is 0 Å². The number of H-pyrrole nitrogens is 4. The molecule has 32 heteroatoms. The number of benzene rings is 8. The lowest BCUT2D eigenvalue weighted by molar-refractivity contribution is -0.145. The Morgan fingerprint density at radius 3 is 1.13 bits per heavy atom. The number of aliphatic carboxylic acids is 1. The van der Waals surface area contributed by atoms with E-state index in [0.29, 0.717) is 42.6 Å². The Balaban J connectivity index is 0.000000210. The first-order chi connectivity index (χ1) is 59.6. The molecule has 9 atom stereocenters. The quantitative estimate of drug-likeness (QED) is 0.0198. The SMILES string of the molecule is COC(=O)N[C@@H](C(=O)O)c1ccccc1.COC(=O)N[C@H](C(=O)N1CCC[C@H]1c1ncc(-c2ccc3cc(-c4ccc(-c5cnc([C@@H]6CCCN6C(=O)[C@H](NC(=O)OC)c6ccccc6)[nH]5)cc4)ccc3c2)[nH]1)C(C)C.COC(O)N[C@H](C(=O)N1CCC[C@H]1c1ncc(-c2ccc3cc(-c4ccc(-c5cnc([C@@H]6CCCN6)[nH]5)cc4)ccc3c2)[nH]1)C(C)C.Cl.Cl.Cl. The first kappa shape index (κ1) is 94.2. The number of nitrogens with one attached hydrogen (secondary N) is 9. The van der Waals surface area contributed by atoms with Crippen LogP contribution in [0.3, 0.4) is 0 Å². The van der Waals surface area contributed by atoms with Crippen molar-refractivity contribution in [2.24, 2.45) is 11.8 Å². The second-order valence-corrected chi connectivity index (χ2v) is 31.8. The molecule has 0 saturated carbocycles. The number of likely N-dealkylation sites (tertiary alicyclic amines) is 3. The summed E-state index contributed by atoms with van der Waals surface area (Å²) in [7, 11) is 5.16. The summed E-state index contributed by atoms with van der Waals surface area (Å²) in [4.78, 5) is 125. The van der Waals surface area contributed by atoms with Crippen LogP contribution in [0, 0.1) is 11.8 Å². The van der Waals surface area contributed by atoms with E-state index in [-0.39, 0.29) is 84.9 Å². The minimum Gasteiger partial charge on any atom is -0.479 e. The number of halogens is 3. The summed E-state index contributed by atoms with van der Waals surface area (Å²) in [5.74, 6) is 1.56.